The van der Waals surface area contributed by atoms with Crippen molar-refractivity contribution < 1.29 is 34.5 Å². The molecule has 1 saturated heterocycles. The predicted molar refractivity (Wildman–Crippen MR) is 221 cm³/mol. The number of hydrogen-bond acceptors (Lipinski definition) is 10. The molecular weight excluding hydrogens is 723 g/mol. The van der Waals surface area contributed by atoms with Gasteiger partial charge in [-0.1, -0.05) is 74.5 Å². The van der Waals surface area contributed by atoms with Crippen molar-refractivity contribution >= 4 is 17.5 Å². The summed E-state index contributed by atoms with van der Waals surface area (Å²) in [6.45, 7) is 10.7. The Labute approximate surface area is 337 Å². The zero-order valence-corrected chi connectivity index (χ0v) is 34.6. The highest BCUT2D eigenvalue weighted by Gasteiger charge is 2.56. The minimum absolute atomic E-state index is 0.114. The normalized spacial score (nSPS) is 25.6. The van der Waals surface area contributed by atoms with E-state index < -0.39 is 36.3 Å². The van der Waals surface area contributed by atoms with Gasteiger partial charge < -0.3 is 40.5 Å². The number of amides is 2. The Bertz CT molecular complexity index is 1920. The van der Waals surface area contributed by atoms with Gasteiger partial charge >= 0.3 is 0 Å². The van der Waals surface area contributed by atoms with Gasteiger partial charge in [-0.25, -0.2) is 0 Å². The van der Waals surface area contributed by atoms with Crippen LogP contribution in [-0.2, 0) is 16.2 Å². The molecule has 308 valence electrons. The van der Waals surface area contributed by atoms with Crippen LogP contribution in [0.5, 0.6) is 5.75 Å². The molecule has 12 nitrogen and oxygen atoms in total. The summed E-state index contributed by atoms with van der Waals surface area (Å²) in [5.74, 6) is 0.0590. The second-order valence-electron chi connectivity index (χ2n) is 17.2. The van der Waals surface area contributed by atoms with Crippen molar-refractivity contribution in [1.82, 2.24) is 20.6 Å². The molecule has 12 heteroatoms. The van der Waals surface area contributed by atoms with E-state index in [1.807, 2.05) is 105 Å². The molecule has 3 aromatic carbocycles. The van der Waals surface area contributed by atoms with E-state index in [2.05, 4.69) is 31.1 Å². The summed E-state index contributed by atoms with van der Waals surface area (Å²) < 4.78 is 6.08. The number of aliphatic hydroxyl groups is 3. The number of aliphatic hydroxyl groups excluding tert-OH is 3. The molecule has 9 atom stereocenters. The maximum atomic E-state index is 14.3. The van der Waals surface area contributed by atoms with Crippen molar-refractivity contribution in [2.45, 2.75) is 76.6 Å². The van der Waals surface area contributed by atoms with Crippen LogP contribution in [-0.4, -0.2) is 116 Å². The minimum Gasteiger partial charge on any atom is -0.496 e. The van der Waals surface area contributed by atoms with E-state index in [1.165, 1.54) is 0 Å². The highest BCUT2D eigenvalue weighted by atomic mass is 16.7. The number of para-hydroxylation sites is 1. The first kappa shape index (κ1) is 42.3. The third-order valence-corrected chi connectivity index (χ3v) is 12.6. The highest BCUT2D eigenvalue weighted by molar-refractivity contribution is 5.97. The van der Waals surface area contributed by atoms with Crippen LogP contribution >= 0.6 is 0 Å². The average Bonchev–Trinajstić information content (AvgIpc) is 3.56. The molecule has 2 amide bonds. The number of benzene rings is 3. The van der Waals surface area contributed by atoms with Crippen molar-refractivity contribution in [3.05, 3.63) is 95.6 Å². The van der Waals surface area contributed by atoms with E-state index in [1.54, 1.807) is 19.1 Å². The van der Waals surface area contributed by atoms with Crippen LogP contribution in [0.3, 0.4) is 0 Å². The number of rotatable bonds is 15. The summed E-state index contributed by atoms with van der Waals surface area (Å²) in [6, 6.07) is 18.9. The summed E-state index contributed by atoms with van der Waals surface area (Å²) in [4.78, 5) is 38.4. The maximum absolute atomic E-state index is 14.3. The molecule has 0 unspecified atom stereocenters. The number of carbonyl (C=O) groups is 2. The minimum atomic E-state index is -0.942. The average molecular weight is 784 g/mol. The van der Waals surface area contributed by atoms with Gasteiger partial charge in [0.15, 0.2) is 0 Å². The molecule has 1 heterocycles. The highest BCUT2D eigenvalue weighted by Crippen LogP contribution is 2.60. The molecule has 3 aromatic rings. The van der Waals surface area contributed by atoms with Gasteiger partial charge in [0.05, 0.1) is 38.4 Å². The molecule has 0 spiro atoms. The molecule has 3 saturated carbocycles. The molecule has 7 rings (SSSR count). The monoisotopic (exact) mass is 783 g/mol. The van der Waals surface area contributed by atoms with Crippen molar-refractivity contribution in [3.8, 4) is 16.9 Å². The number of ether oxygens (including phenoxy) is 1. The van der Waals surface area contributed by atoms with E-state index in [-0.39, 0.29) is 36.4 Å². The van der Waals surface area contributed by atoms with Gasteiger partial charge in [0.1, 0.15) is 24.0 Å². The molecule has 2 bridgehead atoms. The Hall–Kier alpha value is -4.30. The fraction of sp³-hybridized carbons (Fsp3) is 0.511. The van der Waals surface area contributed by atoms with Crippen molar-refractivity contribution in [3.63, 3.8) is 0 Å². The van der Waals surface area contributed by atoms with Crippen LogP contribution in [0, 0.1) is 23.2 Å². The molecule has 1 aliphatic heterocycles. The number of hydrogen-bond donors (Lipinski definition) is 5. The van der Waals surface area contributed by atoms with Crippen LogP contribution in [0.1, 0.15) is 61.2 Å². The molecule has 57 heavy (non-hydrogen) atoms. The van der Waals surface area contributed by atoms with Gasteiger partial charge in [-0.3, -0.25) is 14.4 Å². The number of methoxy groups -OCH3 is 1. The molecule has 3 aliphatic carbocycles. The zero-order valence-electron chi connectivity index (χ0n) is 34.6. The quantitative estimate of drug-likeness (QED) is 0.141. The Morgan fingerprint density at radius 1 is 1.04 bits per heavy atom. The number of hydroxylamine groups is 2. The fourth-order valence-electron chi connectivity index (χ4n) is 9.26. The van der Waals surface area contributed by atoms with Crippen LogP contribution in [0.15, 0.2) is 78.9 Å². The van der Waals surface area contributed by atoms with Gasteiger partial charge in [-0.2, -0.15) is 5.06 Å². The number of likely N-dealkylation sites (N-methyl/N-ethyl adjacent to an activating group) is 1. The predicted octanol–water partition coefficient (Wildman–Crippen LogP) is 4.40. The Morgan fingerprint density at radius 2 is 1.75 bits per heavy atom. The maximum Gasteiger partial charge on any atom is 0.251 e. The largest absolute Gasteiger partial charge is 0.496 e. The van der Waals surface area contributed by atoms with Gasteiger partial charge in [0.25, 0.3) is 5.91 Å². The fourth-order valence-corrected chi connectivity index (χ4v) is 9.26. The SMILES string of the molecule is C=C1[C@@H](NC(=O)[C@@H]2[C@H]([C@H](C)O)[C@H](CO)ON2Cc2cccc(-c3cc(C(=O)N[C@H](CN(C)C)[C@H](O)c4ccccc4)cc(N(C)C)c3)c2OC)C[C@H]2C[C@@H]1C2(C)C. The number of carbonyl (C=O) groups excluding carboxylic acids is 2. The van der Waals surface area contributed by atoms with E-state index in [4.69, 9.17) is 9.57 Å². The third kappa shape index (κ3) is 8.62. The van der Waals surface area contributed by atoms with Crippen molar-refractivity contribution in [2.24, 2.45) is 23.2 Å². The van der Waals surface area contributed by atoms with Crippen LogP contribution in [0.2, 0.25) is 0 Å². The topological polar surface area (TPSA) is 147 Å². The lowest BCUT2D eigenvalue weighted by Crippen LogP contribution is -2.59. The first-order valence-electron chi connectivity index (χ1n) is 19.9. The summed E-state index contributed by atoms with van der Waals surface area (Å²) >= 11 is 0. The molecule has 0 aromatic heterocycles. The van der Waals surface area contributed by atoms with Crippen molar-refractivity contribution in [2.75, 3.05) is 53.4 Å². The number of anilines is 1. The standard InChI is InChI=1S/C45H61N5O7/c1-26-35-21-32(45(35,3)4)22-36(26)46-44(55)40-39(27(2)52)38(25-51)57-50(40)23-29-16-13-17-34(42(29)56-9)30-18-31(20-33(19-30)49(7)8)43(54)47-37(24-48(5)6)41(53)28-14-11-10-12-15-28/h10-20,27,32,35-41,51-53H,1,21-25H2,2-9H3,(H,46,55)(H,47,54)/t27-,32+,35-,36-,37+,38-,39+,40-,41+/m0/s1. The third-order valence-electron chi connectivity index (χ3n) is 12.6. The van der Waals surface area contributed by atoms with Crippen LogP contribution in [0.4, 0.5) is 5.69 Å². The first-order valence-corrected chi connectivity index (χ1v) is 19.9. The van der Waals surface area contributed by atoms with Gasteiger partial charge in [0, 0.05) is 48.9 Å². The Kier molecular flexibility index (Phi) is 12.8. The van der Waals surface area contributed by atoms with Crippen LogP contribution < -0.4 is 20.3 Å². The molecule has 4 fully saturated rings. The molecule has 5 N–H and O–H groups in total. The summed E-state index contributed by atoms with van der Waals surface area (Å²) in [5, 5.41) is 40.6. The Morgan fingerprint density at radius 3 is 2.35 bits per heavy atom. The number of nitrogens with one attached hydrogen (secondary N) is 2. The van der Waals surface area contributed by atoms with Crippen molar-refractivity contribution in [1.29, 1.82) is 0 Å². The second-order valence-corrected chi connectivity index (χ2v) is 17.2. The number of fused-ring (bicyclic) bond motifs is 2. The van der Waals surface area contributed by atoms with E-state index in [0.29, 0.717) is 46.4 Å². The summed E-state index contributed by atoms with van der Waals surface area (Å²) in [6.07, 6.45) is -0.763. The summed E-state index contributed by atoms with van der Waals surface area (Å²) in [5.41, 5.74) is 5.26. The van der Waals surface area contributed by atoms with E-state index >= 15 is 0 Å². The second kappa shape index (κ2) is 17.3. The van der Waals surface area contributed by atoms with E-state index in [9.17, 15) is 24.9 Å². The van der Waals surface area contributed by atoms with E-state index in [0.717, 1.165) is 29.7 Å². The van der Waals surface area contributed by atoms with Crippen LogP contribution in [0.25, 0.3) is 11.1 Å². The lowest BCUT2D eigenvalue weighted by atomic mass is 9.46. The smallest absolute Gasteiger partial charge is 0.251 e. The summed E-state index contributed by atoms with van der Waals surface area (Å²) in [7, 11) is 9.18. The van der Waals surface area contributed by atoms with Gasteiger partial charge in [-0.15, -0.1) is 0 Å². The number of nitrogens with zero attached hydrogens (tertiary/aromatic N) is 3. The van der Waals surface area contributed by atoms with Gasteiger partial charge in [0.2, 0.25) is 5.91 Å². The first-order chi connectivity index (χ1) is 27.0. The molecular formula is C45H61N5O7. The Balaban J connectivity index is 1.29. The zero-order chi connectivity index (χ0) is 41.3. The molecule has 4 aliphatic rings. The lowest BCUT2D eigenvalue weighted by molar-refractivity contribution is -0.182. The van der Waals surface area contributed by atoms with Gasteiger partial charge in [-0.05, 0) is 80.4 Å². The molecule has 0 radical (unpaired) electrons. The lowest BCUT2D eigenvalue weighted by Gasteiger charge is -2.60.